The smallest absolute Gasteiger partial charge is 0.248 e. The Balaban J connectivity index is 2.12. The van der Waals surface area contributed by atoms with E-state index in [0.717, 1.165) is 18.9 Å². The van der Waals surface area contributed by atoms with Gasteiger partial charge in [-0.3, -0.25) is 4.79 Å². The van der Waals surface area contributed by atoms with E-state index in [1.165, 1.54) is 17.7 Å². The minimum absolute atomic E-state index is 0.0592. The molecule has 2 N–H and O–H groups in total. The molecule has 0 spiro atoms. The van der Waals surface area contributed by atoms with Gasteiger partial charge in [-0.15, -0.1) is 6.58 Å². The van der Waals surface area contributed by atoms with Crippen LogP contribution >= 0.6 is 0 Å². The lowest BCUT2D eigenvalue weighted by molar-refractivity contribution is 0.1000. The van der Waals surface area contributed by atoms with Crippen molar-refractivity contribution in [1.82, 2.24) is 0 Å². The van der Waals surface area contributed by atoms with Crippen molar-refractivity contribution in [3.8, 4) is 11.5 Å². The van der Waals surface area contributed by atoms with Crippen molar-refractivity contribution >= 4 is 5.91 Å². The van der Waals surface area contributed by atoms with Crippen molar-refractivity contribution in [3.05, 3.63) is 72.1 Å². The maximum absolute atomic E-state index is 14.0. The number of halogens is 1. The summed E-state index contributed by atoms with van der Waals surface area (Å²) < 4.78 is 19.6. The van der Waals surface area contributed by atoms with Gasteiger partial charge in [-0.2, -0.15) is 0 Å². The molecule has 3 nitrogen and oxygen atoms in total. The number of carbonyl (C=O) groups is 1. The minimum atomic E-state index is -0.672. The van der Waals surface area contributed by atoms with Crippen LogP contribution in [0.2, 0.25) is 0 Å². The largest absolute Gasteiger partial charge is 0.454 e. The molecule has 2 aromatic rings. The first-order chi connectivity index (χ1) is 12.0. The number of nitrogens with two attached hydrogens (primary N) is 1. The summed E-state index contributed by atoms with van der Waals surface area (Å²) in [6, 6.07) is 11.6. The van der Waals surface area contributed by atoms with Crippen LogP contribution < -0.4 is 10.5 Å². The van der Waals surface area contributed by atoms with E-state index in [9.17, 15) is 9.18 Å². The third-order valence-electron chi connectivity index (χ3n) is 4.55. The number of hydrogen-bond donors (Lipinski definition) is 1. The molecule has 0 saturated carbocycles. The molecule has 25 heavy (non-hydrogen) atoms. The maximum Gasteiger partial charge on any atom is 0.248 e. The Kier molecular flexibility index (Phi) is 6.34. The second-order valence-corrected chi connectivity index (χ2v) is 6.16. The molecule has 0 aliphatic rings. The maximum atomic E-state index is 14.0. The fourth-order valence-corrected chi connectivity index (χ4v) is 2.91. The van der Waals surface area contributed by atoms with E-state index in [4.69, 9.17) is 10.5 Å². The molecule has 0 aliphatic heterocycles. The van der Waals surface area contributed by atoms with Crippen LogP contribution in [0.3, 0.4) is 0 Å². The van der Waals surface area contributed by atoms with Gasteiger partial charge in [0.05, 0.1) is 0 Å². The average Bonchev–Trinajstić information content (AvgIpc) is 2.61. The van der Waals surface area contributed by atoms with Crippen molar-refractivity contribution in [2.24, 2.45) is 11.7 Å². The predicted molar refractivity (Wildman–Crippen MR) is 98.4 cm³/mol. The molecule has 0 bridgehead atoms. The van der Waals surface area contributed by atoms with Crippen molar-refractivity contribution in [1.29, 1.82) is 0 Å². The van der Waals surface area contributed by atoms with Gasteiger partial charge in [0, 0.05) is 5.56 Å². The van der Waals surface area contributed by atoms with Crippen molar-refractivity contribution in [3.63, 3.8) is 0 Å². The average molecular weight is 341 g/mol. The molecule has 2 atom stereocenters. The Hall–Kier alpha value is -2.62. The van der Waals surface area contributed by atoms with Gasteiger partial charge in [-0.25, -0.2) is 4.39 Å². The summed E-state index contributed by atoms with van der Waals surface area (Å²) in [4.78, 5) is 11.1. The number of amides is 1. The normalized spacial score (nSPS) is 13.1. The van der Waals surface area contributed by atoms with Gasteiger partial charge >= 0.3 is 0 Å². The Bertz CT molecular complexity index is 740. The molecular formula is C21H24FNO2. The molecule has 2 aromatic carbocycles. The molecule has 2 unspecified atom stereocenters. The summed E-state index contributed by atoms with van der Waals surface area (Å²) in [5.41, 5.74) is 6.46. The van der Waals surface area contributed by atoms with Crippen LogP contribution in [-0.2, 0) is 0 Å². The molecule has 0 saturated heterocycles. The zero-order valence-corrected chi connectivity index (χ0v) is 14.7. The highest BCUT2D eigenvalue weighted by molar-refractivity contribution is 5.92. The molecule has 4 heteroatoms. The highest BCUT2D eigenvalue weighted by atomic mass is 19.1. The van der Waals surface area contributed by atoms with E-state index < -0.39 is 11.7 Å². The van der Waals surface area contributed by atoms with E-state index in [-0.39, 0.29) is 11.3 Å². The summed E-state index contributed by atoms with van der Waals surface area (Å²) in [5, 5.41) is 0. The van der Waals surface area contributed by atoms with E-state index in [1.807, 2.05) is 30.3 Å². The third kappa shape index (κ3) is 4.69. The number of allylic oxidation sites excluding steroid dienone is 1. The molecule has 0 radical (unpaired) electrons. The second kappa shape index (κ2) is 8.47. The van der Waals surface area contributed by atoms with E-state index >= 15 is 0 Å². The molecular weight excluding hydrogens is 317 g/mol. The number of ether oxygens (including phenoxy) is 1. The quantitative estimate of drug-likeness (QED) is 0.652. The SMILES string of the molecule is C=CCC(CC)C(C)c1ccc(Oc2ccc(C(N)=O)cc2F)cc1. The van der Waals surface area contributed by atoms with E-state index in [0.29, 0.717) is 17.6 Å². The van der Waals surface area contributed by atoms with E-state index in [2.05, 4.69) is 20.4 Å². The zero-order valence-electron chi connectivity index (χ0n) is 14.7. The Morgan fingerprint density at radius 3 is 2.48 bits per heavy atom. The van der Waals surface area contributed by atoms with Crippen LogP contribution in [-0.4, -0.2) is 5.91 Å². The fourth-order valence-electron chi connectivity index (χ4n) is 2.91. The van der Waals surface area contributed by atoms with E-state index in [1.54, 1.807) is 0 Å². The van der Waals surface area contributed by atoms with Crippen LogP contribution in [0, 0.1) is 11.7 Å². The van der Waals surface area contributed by atoms with Gasteiger partial charge in [0.25, 0.3) is 0 Å². The Morgan fingerprint density at radius 1 is 1.28 bits per heavy atom. The standard InChI is InChI=1S/C21H24FNO2/c1-4-6-15(5-2)14(3)16-7-10-18(11-8-16)25-20-12-9-17(21(23)24)13-19(20)22/h4,7-15H,1,5-6H2,2-3H3,(H2,23,24). The molecule has 0 aliphatic carbocycles. The van der Waals surface area contributed by atoms with Gasteiger partial charge < -0.3 is 10.5 Å². The van der Waals surface area contributed by atoms with Crippen molar-refractivity contribution in [2.45, 2.75) is 32.6 Å². The summed E-state index contributed by atoms with van der Waals surface area (Å²) >= 11 is 0. The van der Waals surface area contributed by atoms with Gasteiger partial charge in [-0.1, -0.05) is 38.5 Å². The summed E-state index contributed by atoms with van der Waals surface area (Å²) in [7, 11) is 0. The highest BCUT2D eigenvalue weighted by Crippen LogP contribution is 2.32. The van der Waals surface area contributed by atoms with Crippen molar-refractivity contribution in [2.75, 3.05) is 0 Å². The monoisotopic (exact) mass is 341 g/mol. The molecule has 2 rings (SSSR count). The topological polar surface area (TPSA) is 52.3 Å². The molecule has 0 heterocycles. The van der Waals surface area contributed by atoms with Gasteiger partial charge in [0.2, 0.25) is 5.91 Å². The Labute approximate surface area is 148 Å². The molecule has 132 valence electrons. The summed E-state index contributed by atoms with van der Waals surface area (Å²) in [6.07, 6.45) is 4.02. The number of carbonyl (C=O) groups excluding carboxylic acids is 1. The van der Waals surface area contributed by atoms with Gasteiger partial charge in [0.15, 0.2) is 11.6 Å². The third-order valence-corrected chi connectivity index (χ3v) is 4.55. The molecule has 0 fully saturated rings. The Morgan fingerprint density at radius 2 is 1.96 bits per heavy atom. The first kappa shape index (κ1) is 18.7. The lowest BCUT2D eigenvalue weighted by atomic mass is 9.84. The van der Waals surface area contributed by atoms with Gasteiger partial charge in [-0.05, 0) is 54.2 Å². The first-order valence-corrected chi connectivity index (χ1v) is 8.44. The minimum Gasteiger partial charge on any atom is -0.454 e. The highest BCUT2D eigenvalue weighted by Gasteiger charge is 2.16. The first-order valence-electron chi connectivity index (χ1n) is 8.44. The van der Waals surface area contributed by atoms with Crippen LogP contribution in [0.4, 0.5) is 4.39 Å². The lowest BCUT2D eigenvalue weighted by Gasteiger charge is -2.22. The zero-order chi connectivity index (χ0) is 18.4. The number of primary amides is 1. The van der Waals surface area contributed by atoms with Crippen LogP contribution in [0.25, 0.3) is 0 Å². The number of hydrogen-bond acceptors (Lipinski definition) is 2. The summed E-state index contributed by atoms with van der Waals surface area (Å²) in [6.45, 7) is 8.21. The molecule has 0 aromatic heterocycles. The number of rotatable bonds is 8. The fraction of sp³-hybridized carbons (Fsp3) is 0.286. The van der Waals surface area contributed by atoms with Gasteiger partial charge in [0.1, 0.15) is 5.75 Å². The van der Waals surface area contributed by atoms with Crippen molar-refractivity contribution < 1.29 is 13.9 Å². The van der Waals surface area contributed by atoms with Crippen LogP contribution in [0.5, 0.6) is 11.5 Å². The lowest BCUT2D eigenvalue weighted by Crippen LogP contribution is -2.11. The predicted octanol–water partition coefficient (Wildman–Crippen LogP) is 5.42. The second-order valence-electron chi connectivity index (χ2n) is 6.16. The summed E-state index contributed by atoms with van der Waals surface area (Å²) in [5.74, 6) is 0.258. The number of benzene rings is 2. The molecule has 1 amide bonds. The van der Waals surface area contributed by atoms with Crippen LogP contribution in [0.1, 0.15) is 48.5 Å². The van der Waals surface area contributed by atoms with Crippen LogP contribution in [0.15, 0.2) is 55.1 Å².